The van der Waals surface area contributed by atoms with Crippen LogP contribution in [0.4, 0.5) is 0 Å². The Balaban J connectivity index is 0.000000181. The highest BCUT2D eigenvalue weighted by molar-refractivity contribution is 9.10. The predicted molar refractivity (Wildman–Crippen MR) is 89.2 cm³/mol. The molecule has 2 heterocycles. The summed E-state index contributed by atoms with van der Waals surface area (Å²) in [7, 11) is 0. The van der Waals surface area contributed by atoms with Crippen LogP contribution >= 0.6 is 27.5 Å². The summed E-state index contributed by atoms with van der Waals surface area (Å²) < 4.78 is 5.12. The van der Waals surface area contributed by atoms with Crippen molar-refractivity contribution in [3.05, 3.63) is 27.8 Å². The van der Waals surface area contributed by atoms with Gasteiger partial charge < -0.3 is 40.4 Å². The van der Waals surface area contributed by atoms with Crippen LogP contribution in [-0.4, -0.2) is 72.3 Å². The average Bonchev–Trinajstić information content (AvgIpc) is 2.94. The van der Waals surface area contributed by atoms with E-state index in [2.05, 4.69) is 25.7 Å². The Morgan fingerprint density at radius 2 is 1.80 bits per heavy atom. The van der Waals surface area contributed by atoms with E-state index < -0.39 is 36.7 Å². The van der Waals surface area contributed by atoms with Crippen LogP contribution in [0.3, 0.4) is 0 Å². The Hall–Kier alpha value is -1.40. The van der Waals surface area contributed by atoms with Crippen LogP contribution in [0, 0.1) is 0 Å². The lowest BCUT2D eigenvalue weighted by Gasteiger charge is -2.36. The van der Waals surface area contributed by atoms with Crippen LogP contribution in [0.15, 0.2) is 22.8 Å². The lowest BCUT2D eigenvalue weighted by atomic mass is 9.99. The van der Waals surface area contributed by atoms with Crippen LogP contribution in [0.2, 0.25) is 5.02 Å². The Morgan fingerprint density at radius 1 is 1.16 bits per heavy atom. The fourth-order valence-corrected chi connectivity index (χ4v) is 2.80. The first-order chi connectivity index (χ1) is 11.6. The molecule has 1 aliphatic heterocycles. The van der Waals surface area contributed by atoms with E-state index in [4.69, 9.17) is 37.1 Å². The van der Waals surface area contributed by atoms with Crippen LogP contribution in [0.5, 0.6) is 5.75 Å². The van der Waals surface area contributed by atoms with Gasteiger partial charge in [0.25, 0.3) is 0 Å². The Bertz CT molecular complexity index is 769. The fourth-order valence-electron chi connectivity index (χ4n) is 2.20. The van der Waals surface area contributed by atoms with Crippen LogP contribution in [0.1, 0.15) is 0 Å². The highest BCUT2D eigenvalue weighted by Gasteiger charge is 2.46. The van der Waals surface area contributed by atoms with Crippen molar-refractivity contribution in [1.29, 1.82) is 0 Å². The highest BCUT2D eigenvalue weighted by Crippen LogP contribution is 2.35. The van der Waals surface area contributed by atoms with Gasteiger partial charge in [0, 0.05) is 10.7 Å². The van der Waals surface area contributed by atoms with Crippen molar-refractivity contribution < 1.29 is 40.2 Å². The number of aliphatic carboxylic acids is 1. The molecule has 0 amide bonds. The van der Waals surface area contributed by atoms with Gasteiger partial charge in [-0.15, -0.1) is 0 Å². The zero-order chi connectivity index (χ0) is 18.9. The third kappa shape index (κ3) is 4.06. The number of rotatable bonds is 1. The molecule has 138 valence electrons. The zero-order valence-electron chi connectivity index (χ0n) is 12.4. The molecule has 0 bridgehead atoms. The first-order valence-corrected chi connectivity index (χ1v) is 8.06. The van der Waals surface area contributed by atoms with E-state index in [9.17, 15) is 9.90 Å². The molecule has 7 N–H and O–H groups in total. The number of carboxylic acid groups (broad SMARTS) is 1. The lowest BCUT2D eigenvalue weighted by Crippen LogP contribution is -2.59. The first kappa shape index (κ1) is 19.9. The second-order valence-corrected chi connectivity index (χ2v) is 6.45. The molecule has 0 saturated carbocycles. The summed E-state index contributed by atoms with van der Waals surface area (Å²) in [5, 5.41) is 54.9. The molecule has 1 saturated heterocycles. The molecule has 0 unspecified atom stereocenters. The molecule has 9 nitrogen and oxygen atoms in total. The summed E-state index contributed by atoms with van der Waals surface area (Å²) in [4.78, 5) is 13.3. The summed E-state index contributed by atoms with van der Waals surface area (Å²) >= 11 is 9.22. The Kier molecular flexibility index (Phi) is 6.27. The minimum atomic E-state index is -1.81. The van der Waals surface area contributed by atoms with Crippen molar-refractivity contribution in [1.82, 2.24) is 4.98 Å². The third-order valence-corrected chi connectivity index (χ3v) is 4.83. The van der Waals surface area contributed by atoms with Gasteiger partial charge in [-0.3, -0.25) is 0 Å². The quantitative estimate of drug-likeness (QED) is 0.330. The van der Waals surface area contributed by atoms with Crippen molar-refractivity contribution in [2.24, 2.45) is 0 Å². The number of fused-ring (bicyclic) bond motifs is 1. The van der Waals surface area contributed by atoms with Crippen molar-refractivity contribution in [3.8, 4) is 5.75 Å². The number of aromatic amines is 1. The summed E-state index contributed by atoms with van der Waals surface area (Å²) in [6, 6.07) is 3.69. The molecule has 0 spiro atoms. The molecule has 25 heavy (non-hydrogen) atoms. The van der Waals surface area contributed by atoms with Gasteiger partial charge in [0.1, 0.15) is 24.1 Å². The molecular formula is C14H15BrClNO8. The molecule has 0 aliphatic carbocycles. The van der Waals surface area contributed by atoms with E-state index >= 15 is 0 Å². The standard InChI is InChI=1S/C8H5BrClNO.C6H10O7/c9-4-1-2-5-7(8(4)10)6(12)3-11-5;7-1-2(8)4(5(10)11)13-6(12)3(1)9/h1-3,11-12H;1-4,6-9,12H,(H,10,11)/t;1-,2-,3+,4-,6+/m.0/s1. The summed E-state index contributed by atoms with van der Waals surface area (Å²) in [6.45, 7) is 0. The SMILES string of the molecule is O=C(O)[C@H]1O[C@@H](O)[C@H](O)[C@@H](O)[C@@H]1O.Oc1c[nH]c2ccc(Br)c(Cl)c12. The van der Waals surface area contributed by atoms with E-state index in [1.54, 1.807) is 0 Å². The second-order valence-electron chi connectivity index (χ2n) is 5.22. The fraction of sp³-hybridized carbons (Fsp3) is 0.357. The maximum atomic E-state index is 10.4. The molecule has 1 fully saturated rings. The second kappa shape index (κ2) is 7.87. The number of benzene rings is 1. The number of nitrogens with one attached hydrogen (secondary N) is 1. The number of halogens is 2. The molecule has 11 heteroatoms. The van der Waals surface area contributed by atoms with Crippen LogP contribution in [-0.2, 0) is 9.53 Å². The van der Waals surface area contributed by atoms with Gasteiger partial charge in [-0.05, 0) is 28.1 Å². The van der Waals surface area contributed by atoms with Crippen molar-refractivity contribution in [3.63, 3.8) is 0 Å². The number of aromatic nitrogens is 1. The number of hydrogen-bond donors (Lipinski definition) is 7. The molecule has 5 atom stereocenters. The van der Waals surface area contributed by atoms with Gasteiger partial charge in [0.15, 0.2) is 12.4 Å². The van der Waals surface area contributed by atoms with Gasteiger partial charge >= 0.3 is 5.97 Å². The van der Waals surface area contributed by atoms with E-state index in [0.29, 0.717) is 10.4 Å². The number of H-pyrrole nitrogens is 1. The molecule has 0 radical (unpaired) electrons. The Morgan fingerprint density at radius 3 is 2.40 bits per heavy atom. The average molecular weight is 441 g/mol. The van der Waals surface area contributed by atoms with Crippen LogP contribution < -0.4 is 0 Å². The third-order valence-electron chi connectivity index (χ3n) is 3.55. The first-order valence-electron chi connectivity index (χ1n) is 6.89. The Labute approximate surface area is 154 Å². The summed E-state index contributed by atoms with van der Waals surface area (Å²) in [5.41, 5.74) is 0.834. The normalized spacial score (nSPS) is 29.1. The summed E-state index contributed by atoms with van der Waals surface area (Å²) in [5.74, 6) is -1.34. The molecule has 1 aliphatic rings. The van der Waals surface area contributed by atoms with Crippen LogP contribution in [0.25, 0.3) is 10.9 Å². The van der Waals surface area contributed by atoms with Gasteiger partial charge in [-0.2, -0.15) is 0 Å². The monoisotopic (exact) mass is 439 g/mol. The van der Waals surface area contributed by atoms with E-state index in [-0.39, 0.29) is 5.75 Å². The van der Waals surface area contributed by atoms with E-state index in [1.165, 1.54) is 6.20 Å². The van der Waals surface area contributed by atoms with Gasteiger partial charge in [0.05, 0.1) is 15.9 Å². The van der Waals surface area contributed by atoms with E-state index in [1.807, 2.05) is 12.1 Å². The maximum Gasteiger partial charge on any atom is 0.335 e. The number of carbonyl (C=O) groups is 1. The zero-order valence-corrected chi connectivity index (χ0v) is 14.7. The molecule has 1 aromatic heterocycles. The number of aliphatic hydroxyl groups excluding tert-OH is 4. The van der Waals surface area contributed by atoms with Gasteiger partial charge in [0.2, 0.25) is 0 Å². The largest absolute Gasteiger partial charge is 0.506 e. The maximum absolute atomic E-state index is 10.4. The number of ether oxygens (including phenoxy) is 1. The molecule has 1 aromatic carbocycles. The molecular weight excluding hydrogens is 426 g/mol. The van der Waals surface area contributed by atoms with Crippen molar-refractivity contribution in [2.75, 3.05) is 0 Å². The number of aromatic hydroxyl groups is 1. The van der Waals surface area contributed by atoms with Gasteiger partial charge in [-0.1, -0.05) is 11.6 Å². The smallest absolute Gasteiger partial charge is 0.335 e. The van der Waals surface area contributed by atoms with Gasteiger partial charge in [-0.25, -0.2) is 4.79 Å². The summed E-state index contributed by atoms with van der Waals surface area (Å²) in [6.07, 6.45) is -7.21. The van der Waals surface area contributed by atoms with E-state index in [0.717, 1.165) is 9.99 Å². The lowest BCUT2D eigenvalue weighted by molar-refractivity contribution is -0.279. The number of carboxylic acids is 1. The number of hydrogen-bond acceptors (Lipinski definition) is 7. The van der Waals surface area contributed by atoms with Crippen molar-refractivity contribution in [2.45, 2.75) is 30.7 Å². The highest BCUT2D eigenvalue weighted by atomic mass is 79.9. The predicted octanol–water partition coefficient (Wildman–Crippen LogP) is 0.160. The minimum absolute atomic E-state index is 0.177. The number of aliphatic hydroxyl groups is 4. The van der Waals surface area contributed by atoms with Crippen molar-refractivity contribution >= 4 is 44.4 Å². The minimum Gasteiger partial charge on any atom is -0.506 e. The molecule has 3 rings (SSSR count). The topological polar surface area (TPSA) is 163 Å². The molecule has 2 aromatic rings.